The number of esters is 1. The van der Waals surface area contributed by atoms with Crippen LogP contribution in [0.5, 0.6) is 0 Å². The van der Waals surface area contributed by atoms with Crippen molar-refractivity contribution in [3.8, 4) is 0 Å². The number of unbranched alkanes of at least 4 members (excludes halogenated alkanes) is 1. The smallest absolute Gasteiger partial charge is 0.311 e. The molecular weight excluding hydrogens is 228 g/mol. The lowest BCUT2D eigenvalue weighted by Crippen LogP contribution is -2.29. The second-order valence-electron chi connectivity index (χ2n) is 5.10. The van der Waals surface area contributed by atoms with E-state index in [0.29, 0.717) is 18.8 Å². The molecule has 0 radical (unpaired) electrons. The zero-order valence-electron chi connectivity index (χ0n) is 11.4. The van der Waals surface area contributed by atoms with Crippen LogP contribution >= 0.6 is 0 Å². The average Bonchev–Trinajstić information content (AvgIpc) is 2.28. The molecule has 0 bridgehead atoms. The van der Waals surface area contributed by atoms with Gasteiger partial charge in [-0.3, -0.25) is 4.79 Å². The molecule has 0 atom stereocenters. The third kappa shape index (κ3) is 4.35. The normalized spacial score (nSPS) is 11.3. The van der Waals surface area contributed by atoms with Gasteiger partial charge in [-0.15, -0.1) is 0 Å². The summed E-state index contributed by atoms with van der Waals surface area (Å²) in [4.78, 5) is 16.2. The molecule has 0 aromatic carbocycles. The van der Waals surface area contributed by atoms with Crippen molar-refractivity contribution in [2.45, 2.75) is 40.0 Å². The zero-order chi connectivity index (χ0) is 13.6. The molecule has 100 valence electrons. The fourth-order valence-electron chi connectivity index (χ4n) is 1.63. The maximum atomic E-state index is 11.9. The highest BCUT2D eigenvalue weighted by molar-refractivity contribution is 5.76. The number of pyridine rings is 1. The lowest BCUT2D eigenvalue weighted by Gasteiger charge is -2.22. The summed E-state index contributed by atoms with van der Waals surface area (Å²) in [6.45, 7) is 6.29. The standard InChI is InChI=1S/C14H22N2O2/c1-4-5-9-18-13(17)14(2,3)10-11-7-6-8-12(15)16-11/h6-8H,4-5,9-10H2,1-3H3,(H2,15,16). The van der Waals surface area contributed by atoms with E-state index in [1.54, 1.807) is 6.07 Å². The van der Waals surface area contributed by atoms with E-state index in [9.17, 15) is 4.79 Å². The number of hydrogen-bond donors (Lipinski definition) is 1. The lowest BCUT2D eigenvalue weighted by atomic mass is 9.87. The van der Waals surface area contributed by atoms with Crippen molar-refractivity contribution in [3.05, 3.63) is 23.9 Å². The van der Waals surface area contributed by atoms with Gasteiger partial charge in [-0.1, -0.05) is 19.4 Å². The number of ether oxygens (including phenoxy) is 1. The number of aromatic nitrogens is 1. The van der Waals surface area contributed by atoms with Crippen LogP contribution in [-0.4, -0.2) is 17.6 Å². The van der Waals surface area contributed by atoms with Crippen molar-refractivity contribution < 1.29 is 9.53 Å². The van der Waals surface area contributed by atoms with E-state index in [1.807, 2.05) is 26.0 Å². The minimum Gasteiger partial charge on any atom is -0.465 e. The highest BCUT2D eigenvalue weighted by Crippen LogP contribution is 2.23. The number of nitrogen functional groups attached to an aromatic ring is 1. The molecule has 4 nitrogen and oxygen atoms in total. The van der Waals surface area contributed by atoms with Gasteiger partial charge in [0, 0.05) is 12.1 Å². The minimum atomic E-state index is -0.575. The van der Waals surface area contributed by atoms with Gasteiger partial charge in [-0.25, -0.2) is 4.98 Å². The van der Waals surface area contributed by atoms with Crippen LogP contribution in [0.15, 0.2) is 18.2 Å². The Hall–Kier alpha value is -1.58. The van der Waals surface area contributed by atoms with Crippen molar-refractivity contribution in [1.82, 2.24) is 4.98 Å². The number of hydrogen-bond acceptors (Lipinski definition) is 4. The first kappa shape index (κ1) is 14.5. The van der Waals surface area contributed by atoms with E-state index in [-0.39, 0.29) is 5.97 Å². The predicted octanol–water partition coefficient (Wildman–Crippen LogP) is 2.58. The van der Waals surface area contributed by atoms with Gasteiger partial charge in [0.05, 0.1) is 12.0 Å². The number of carbonyl (C=O) groups excluding carboxylic acids is 1. The quantitative estimate of drug-likeness (QED) is 0.622. The summed E-state index contributed by atoms with van der Waals surface area (Å²) in [7, 11) is 0. The van der Waals surface area contributed by atoms with Crippen molar-refractivity contribution in [3.63, 3.8) is 0 Å². The number of nitrogens with two attached hydrogens (primary N) is 1. The summed E-state index contributed by atoms with van der Waals surface area (Å²) in [5.74, 6) is 0.294. The average molecular weight is 250 g/mol. The molecule has 0 fully saturated rings. The Balaban J connectivity index is 2.60. The summed E-state index contributed by atoms with van der Waals surface area (Å²) in [6.07, 6.45) is 2.45. The van der Waals surface area contributed by atoms with Crippen LogP contribution in [0.1, 0.15) is 39.3 Å². The Morgan fingerprint density at radius 3 is 2.78 bits per heavy atom. The highest BCUT2D eigenvalue weighted by atomic mass is 16.5. The van der Waals surface area contributed by atoms with Crippen LogP contribution in [0, 0.1) is 5.41 Å². The van der Waals surface area contributed by atoms with Gasteiger partial charge in [-0.2, -0.15) is 0 Å². The topological polar surface area (TPSA) is 65.2 Å². The maximum absolute atomic E-state index is 11.9. The Labute approximate surface area is 109 Å². The molecule has 0 unspecified atom stereocenters. The zero-order valence-corrected chi connectivity index (χ0v) is 11.4. The Kier molecular flexibility index (Phi) is 5.13. The number of rotatable bonds is 6. The van der Waals surface area contributed by atoms with Crippen LogP contribution in [0.25, 0.3) is 0 Å². The lowest BCUT2D eigenvalue weighted by molar-refractivity contribution is -0.154. The second kappa shape index (κ2) is 6.38. The first-order valence-corrected chi connectivity index (χ1v) is 6.34. The molecular formula is C14H22N2O2. The SMILES string of the molecule is CCCCOC(=O)C(C)(C)Cc1cccc(N)n1. The van der Waals surface area contributed by atoms with Crippen LogP contribution in [0.2, 0.25) is 0 Å². The van der Waals surface area contributed by atoms with Crippen LogP contribution in [-0.2, 0) is 16.0 Å². The Morgan fingerprint density at radius 2 is 2.17 bits per heavy atom. The molecule has 0 aliphatic carbocycles. The summed E-state index contributed by atoms with van der Waals surface area (Å²) < 4.78 is 5.25. The van der Waals surface area contributed by atoms with Gasteiger partial charge in [-0.05, 0) is 32.4 Å². The van der Waals surface area contributed by atoms with Gasteiger partial charge < -0.3 is 10.5 Å². The van der Waals surface area contributed by atoms with E-state index in [2.05, 4.69) is 11.9 Å². The van der Waals surface area contributed by atoms with Gasteiger partial charge in [0.25, 0.3) is 0 Å². The van der Waals surface area contributed by atoms with E-state index >= 15 is 0 Å². The van der Waals surface area contributed by atoms with E-state index in [0.717, 1.165) is 18.5 Å². The predicted molar refractivity (Wildman–Crippen MR) is 72.0 cm³/mol. The van der Waals surface area contributed by atoms with Gasteiger partial charge in [0.1, 0.15) is 5.82 Å². The van der Waals surface area contributed by atoms with Crippen LogP contribution in [0.4, 0.5) is 5.82 Å². The second-order valence-corrected chi connectivity index (χ2v) is 5.10. The number of nitrogens with zero attached hydrogens (tertiary/aromatic N) is 1. The van der Waals surface area contributed by atoms with E-state index < -0.39 is 5.41 Å². The Morgan fingerprint density at radius 1 is 1.44 bits per heavy atom. The molecule has 0 saturated carbocycles. The van der Waals surface area contributed by atoms with Crippen LogP contribution in [0.3, 0.4) is 0 Å². The third-order valence-electron chi connectivity index (χ3n) is 2.73. The van der Waals surface area contributed by atoms with Crippen molar-refractivity contribution in [2.24, 2.45) is 5.41 Å². The van der Waals surface area contributed by atoms with Gasteiger partial charge >= 0.3 is 5.97 Å². The molecule has 0 spiro atoms. The summed E-state index contributed by atoms with van der Waals surface area (Å²) in [5.41, 5.74) is 5.86. The van der Waals surface area contributed by atoms with Crippen molar-refractivity contribution in [1.29, 1.82) is 0 Å². The maximum Gasteiger partial charge on any atom is 0.311 e. The van der Waals surface area contributed by atoms with Gasteiger partial charge in [0.15, 0.2) is 0 Å². The third-order valence-corrected chi connectivity index (χ3v) is 2.73. The molecule has 0 amide bonds. The molecule has 1 heterocycles. The van der Waals surface area contributed by atoms with Crippen LogP contribution < -0.4 is 5.73 Å². The van der Waals surface area contributed by atoms with E-state index in [1.165, 1.54) is 0 Å². The summed E-state index contributed by atoms with van der Waals surface area (Å²) in [6, 6.07) is 5.45. The Bertz CT molecular complexity index is 403. The van der Waals surface area contributed by atoms with Crippen molar-refractivity contribution >= 4 is 11.8 Å². The molecule has 0 aliphatic rings. The summed E-state index contributed by atoms with van der Waals surface area (Å²) in [5, 5.41) is 0. The number of anilines is 1. The first-order chi connectivity index (χ1) is 8.45. The fourth-order valence-corrected chi connectivity index (χ4v) is 1.63. The minimum absolute atomic E-state index is 0.180. The highest BCUT2D eigenvalue weighted by Gasteiger charge is 2.30. The monoisotopic (exact) mass is 250 g/mol. The fraction of sp³-hybridized carbons (Fsp3) is 0.571. The first-order valence-electron chi connectivity index (χ1n) is 6.34. The molecule has 1 aromatic rings. The molecule has 0 saturated heterocycles. The molecule has 1 aromatic heterocycles. The van der Waals surface area contributed by atoms with Gasteiger partial charge in [0.2, 0.25) is 0 Å². The molecule has 18 heavy (non-hydrogen) atoms. The molecule has 1 rings (SSSR count). The molecule has 4 heteroatoms. The van der Waals surface area contributed by atoms with E-state index in [4.69, 9.17) is 10.5 Å². The van der Waals surface area contributed by atoms with Crippen molar-refractivity contribution in [2.75, 3.05) is 12.3 Å². The largest absolute Gasteiger partial charge is 0.465 e. The number of carbonyl (C=O) groups is 1. The molecule has 2 N–H and O–H groups in total. The summed E-state index contributed by atoms with van der Waals surface area (Å²) >= 11 is 0. The molecule has 0 aliphatic heterocycles.